The Balaban J connectivity index is 1.79. The van der Waals surface area contributed by atoms with Gasteiger partial charge in [-0.1, -0.05) is 67.1 Å². The number of carbonyl (C=O) groups is 2. The first kappa shape index (κ1) is 21.3. The first-order valence-electron chi connectivity index (χ1n) is 9.68. The van der Waals surface area contributed by atoms with Crippen molar-refractivity contribution in [2.24, 2.45) is 0 Å². The number of amides is 1. The third-order valence-corrected chi connectivity index (χ3v) is 4.55. The van der Waals surface area contributed by atoms with Crippen molar-refractivity contribution in [1.29, 1.82) is 0 Å². The molecule has 0 aliphatic rings. The van der Waals surface area contributed by atoms with Crippen molar-refractivity contribution in [3.05, 3.63) is 101 Å². The molecule has 0 radical (unpaired) electrons. The van der Waals surface area contributed by atoms with Gasteiger partial charge in [0.05, 0.1) is 12.3 Å². The highest BCUT2D eigenvalue weighted by molar-refractivity contribution is 6.31. The summed E-state index contributed by atoms with van der Waals surface area (Å²) >= 11 is 6.09. The fraction of sp³-hybridized carbons (Fsp3) is 0.120. The summed E-state index contributed by atoms with van der Waals surface area (Å²) < 4.78 is 5.71. The van der Waals surface area contributed by atoms with Crippen molar-refractivity contribution in [3.8, 4) is 5.75 Å². The molecule has 0 heterocycles. The molecule has 0 saturated carbocycles. The molecule has 3 aromatic carbocycles. The number of ether oxygens (including phenoxy) is 1. The molecule has 0 spiro atoms. The van der Waals surface area contributed by atoms with Gasteiger partial charge in [0.1, 0.15) is 5.75 Å². The molecule has 0 aromatic heterocycles. The molecule has 0 saturated heterocycles. The highest BCUT2D eigenvalue weighted by Gasteiger charge is 2.15. The maximum atomic E-state index is 12.9. The minimum Gasteiger partial charge on any atom is -0.493 e. The van der Waals surface area contributed by atoms with E-state index in [2.05, 4.69) is 5.32 Å². The molecule has 0 aliphatic carbocycles. The van der Waals surface area contributed by atoms with Crippen LogP contribution in [0.4, 0.5) is 5.69 Å². The quantitative estimate of drug-likeness (QED) is 0.359. The van der Waals surface area contributed by atoms with E-state index in [1.807, 2.05) is 37.3 Å². The summed E-state index contributed by atoms with van der Waals surface area (Å²) in [5, 5.41) is 3.20. The fourth-order valence-electron chi connectivity index (χ4n) is 2.86. The Kier molecular flexibility index (Phi) is 7.41. The number of benzene rings is 3. The SMILES string of the molecule is CCCOc1ccccc1/C=C/C(=O)Nc1ccc(Cl)cc1C(=O)c1ccccc1. The van der Waals surface area contributed by atoms with Crippen LogP contribution in [0, 0.1) is 0 Å². The van der Waals surface area contributed by atoms with E-state index in [0.29, 0.717) is 28.4 Å². The van der Waals surface area contributed by atoms with Crippen molar-refractivity contribution in [2.75, 3.05) is 11.9 Å². The van der Waals surface area contributed by atoms with Gasteiger partial charge in [0.15, 0.2) is 5.78 Å². The van der Waals surface area contributed by atoms with E-state index < -0.39 is 0 Å². The predicted molar refractivity (Wildman–Crippen MR) is 121 cm³/mol. The summed E-state index contributed by atoms with van der Waals surface area (Å²) in [5.74, 6) is 0.148. The third-order valence-electron chi connectivity index (χ3n) is 4.32. The normalized spacial score (nSPS) is 10.7. The zero-order chi connectivity index (χ0) is 21.3. The average molecular weight is 420 g/mol. The maximum absolute atomic E-state index is 12.9. The van der Waals surface area contributed by atoms with Crippen LogP contribution in [0.1, 0.15) is 34.8 Å². The van der Waals surface area contributed by atoms with E-state index in [0.717, 1.165) is 17.7 Å². The summed E-state index contributed by atoms with van der Waals surface area (Å²) in [4.78, 5) is 25.4. The van der Waals surface area contributed by atoms with Crippen molar-refractivity contribution in [1.82, 2.24) is 0 Å². The zero-order valence-corrected chi connectivity index (χ0v) is 17.4. The molecule has 4 nitrogen and oxygen atoms in total. The Hall–Kier alpha value is -3.37. The minimum atomic E-state index is -0.357. The Morgan fingerprint density at radius 2 is 1.73 bits per heavy atom. The fourth-order valence-corrected chi connectivity index (χ4v) is 3.03. The second-order valence-corrected chi connectivity index (χ2v) is 7.03. The van der Waals surface area contributed by atoms with Crippen molar-refractivity contribution in [3.63, 3.8) is 0 Å². The molecular weight excluding hydrogens is 398 g/mol. The van der Waals surface area contributed by atoms with E-state index in [1.165, 1.54) is 6.08 Å². The largest absolute Gasteiger partial charge is 0.493 e. The number of hydrogen-bond donors (Lipinski definition) is 1. The van der Waals surface area contributed by atoms with E-state index >= 15 is 0 Å². The van der Waals surface area contributed by atoms with Crippen LogP contribution in [-0.2, 0) is 4.79 Å². The van der Waals surface area contributed by atoms with E-state index in [9.17, 15) is 9.59 Å². The Morgan fingerprint density at radius 1 is 1.00 bits per heavy atom. The molecule has 30 heavy (non-hydrogen) atoms. The van der Waals surface area contributed by atoms with Crippen LogP contribution in [-0.4, -0.2) is 18.3 Å². The van der Waals surface area contributed by atoms with Gasteiger partial charge in [0.25, 0.3) is 0 Å². The van der Waals surface area contributed by atoms with Crippen molar-refractivity contribution >= 4 is 35.1 Å². The Morgan fingerprint density at radius 3 is 2.50 bits per heavy atom. The molecule has 0 bridgehead atoms. The highest BCUT2D eigenvalue weighted by Crippen LogP contribution is 2.24. The van der Waals surface area contributed by atoms with Gasteiger partial charge in [-0.05, 0) is 36.8 Å². The van der Waals surface area contributed by atoms with Gasteiger partial charge in [-0.15, -0.1) is 0 Å². The van der Waals surface area contributed by atoms with Crippen LogP contribution in [0.2, 0.25) is 5.02 Å². The first-order valence-corrected chi connectivity index (χ1v) is 10.1. The van der Waals surface area contributed by atoms with E-state index in [-0.39, 0.29) is 11.7 Å². The van der Waals surface area contributed by atoms with Gasteiger partial charge in [0, 0.05) is 27.8 Å². The number of para-hydroxylation sites is 1. The number of nitrogens with one attached hydrogen (secondary N) is 1. The standard InChI is InChI=1S/C25H22ClNO3/c1-2-16-30-23-11-7-6-8-18(23)12-15-24(28)27-22-14-13-20(26)17-21(22)25(29)19-9-4-3-5-10-19/h3-15,17H,2,16H2,1H3,(H,27,28)/b15-12+. The van der Waals surface area contributed by atoms with Gasteiger partial charge < -0.3 is 10.1 Å². The van der Waals surface area contributed by atoms with E-state index in [4.69, 9.17) is 16.3 Å². The smallest absolute Gasteiger partial charge is 0.248 e. The summed E-state index contributed by atoms with van der Waals surface area (Å²) in [6.45, 7) is 2.64. The van der Waals surface area contributed by atoms with E-state index in [1.54, 1.807) is 48.5 Å². The third kappa shape index (κ3) is 5.58. The molecular formula is C25H22ClNO3. The molecule has 1 amide bonds. The Bertz CT molecular complexity index is 1060. The lowest BCUT2D eigenvalue weighted by Gasteiger charge is -2.10. The molecule has 5 heteroatoms. The Labute approximate surface area is 181 Å². The first-order chi connectivity index (χ1) is 14.6. The summed E-state index contributed by atoms with van der Waals surface area (Å²) in [6, 6.07) is 21.2. The van der Waals surface area contributed by atoms with Gasteiger partial charge in [0.2, 0.25) is 5.91 Å². The summed E-state index contributed by atoms with van der Waals surface area (Å²) in [7, 11) is 0. The number of halogens is 1. The van der Waals surface area contributed by atoms with Crippen LogP contribution >= 0.6 is 11.6 Å². The molecule has 0 unspecified atom stereocenters. The van der Waals surface area contributed by atoms with Crippen LogP contribution in [0.3, 0.4) is 0 Å². The number of rotatable bonds is 8. The van der Waals surface area contributed by atoms with Crippen LogP contribution in [0.25, 0.3) is 6.08 Å². The lowest BCUT2D eigenvalue weighted by Crippen LogP contribution is -2.13. The number of carbonyl (C=O) groups excluding carboxylic acids is 2. The molecule has 0 atom stereocenters. The lowest BCUT2D eigenvalue weighted by atomic mass is 10.0. The lowest BCUT2D eigenvalue weighted by molar-refractivity contribution is -0.111. The number of ketones is 1. The molecule has 0 fully saturated rings. The van der Waals surface area contributed by atoms with Crippen LogP contribution in [0.15, 0.2) is 78.9 Å². The van der Waals surface area contributed by atoms with Crippen LogP contribution in [0.5, 0.6) is 5.75 Å². The zero-order valence-electron chi connectivity index (χ0n) is 16.6. The van der Waals surface area contributed by atoms with Crippen LogP contribution < -0.4 is 10.1 Å². The topological polar surface area (TPSA) is 55.4 Å². The monoisotopic (exact) mass is 419 g/mol. The van der Waals surface area contributed by atoms with Gasteiger partial charge in [-0.25, -0.2) is 0 Å². The summed E-state index contributed by atoms with van der Waals surface area (Å²) in [5.41, 5.74) is 2.06. The average Bonchev–Trinajstić information content (AvgIpc) is 2.78. The number of anilines is 1. The number of hydrogen-bond acceptors (Lipinski definition) is 3. The predicted octanol–water partition coefficient (Wildman–Crippen LogP) is 6.01. The molecule has 3 rings (SSSR count). The van der Waals surface area contributed by atoms with Gasteiger partial charge >= 0.3 is 0 Å². The summed E-state index contributed by atoms with van der Waals surface area (Å²) in [6.07, 6.45) is 4.00. The second-order valence-electron chi connectivity index (χ2n) is 6.59. The second kappa shape index (κ2) is 10.4. The van der Waals surface area contributed by atoms with Gasteiger partial charge in [-0.3, -0.25) is 9.59 Å². The maximum Gasteiger partial charge on any atom is 0.248 e. The van der Waals surface area contributed by atoms with Crippen molar-refractivity contribution in [2.45, 2.75) is 13.3 Å². The van der Waals surface area contributed by atoms with Gasteiger partial charge in [-0.2, -0.15) is 0 Å². The highest BCUT2D eigenvalue weighted by atomic mass is 35.5. The minimum absolute atomic E-state index is 0.212. The molecule has 3 aromatic rings. The molecule has 0 aliphatic heterocycles. The molecule has 152 valence electrons. The molecule has 1 N–H and O–H groups in total. The van der Waals surface area contributed by atoms with Crippen molar-refractivity contribution < 1.29 is 14.3 Å².